The van der Waals surface area contributed by atoms with E-state index in [1.165, 1.54) is 0 Å². The summed E-state index contributed by atoms with van der Waals surface area (Å²) in [5.74, 6) is -0.654. The normalized spacial score (nSPS) is 14.9. The van der Waals surface area contributed by atoms with Gasteiger partial charge in [-0.1, -0.05) is 24.3 Å². The molecule has 3 aromatic carbocycles. The Bertz CT molecular complexity index is 1680. The van der Waals surface area contributed by atoms with Gasteiger partial charge in [-0.15, -0.1) is 0 Å². The molecule has 43 heavy (non-hydrogen) atoms. The van der Waals surface area contributed by atoms with Crippen molar-refractivity contribution in [2.75, 3.05) is 25.0 Å². The minimum absolute atomic E-state index is 0.137. The second-order valence-corrected chi connectivity index (χ2v) is 10.8. The number of carboxylic acids is 1. The fourth-order valence-corrected chi connectivity index (χ4v) is 5.27. The van der Waals surface area contributed by atoms with Gasteiger partial charge in [0.15, 0.2) is 0 Å². The predicted octanol–water partition coefficient (Wildman–Crippen LogP) is 3.24. The van der Waals surface area contributed by atoms with Crippen molar-refractivity contribution in [1.29, 1.82) is 0 Å². The van der Waals surface area contributed by atoms with Gasteiger partial charge in [-0.2, -0.15) is 4.99 Å². The van der Waals surface area contributed by atoms with Gasteiger partial charge in [0, 0.05) is 37.0 Å². The number of aromatic nitrogens is 2. The monoisotopic (exact) mass is 581 g/mol. The third kappa shape index (κ3) is 6.41. The number of nitrogens with two attached hydrogens (primary N) is 1. The second-order valence-electron chi connectivity index (χ2n) is 10.8. The maximum absolute atomic E-state index is 13.5. The zero-order valence-electron chi connectivity index (χ0n) is 24.2. The first kappa shape index (κ1) is 29.5. The Morgan fingerprint density at radius 3 is 2.37 bits per heavy atom. The van der Waals surface area contributed by atoms with Crippen LogP contribution < -0.4 is 16.4 Å². The molecule has 1 saturated heterocycles. The number of nitrogens with zero attached hydrogens (tertiary/aromatic N) is 4. The van der Waals surface area contributed by atoms with Gasteiger partial charge >= 0.3 is 5.97 Å². The summed E-state index contributed by atoms with van der Waals surface area (Å²) in [6.07, 6.45) is 1.88. The van der Waals surface area contributed by atoms with Gasteiger partial charge in [-0.25, -0.2) is 4.98 Å². The summed E-state index contributed by atoms with van der Waals surface area (Å²) in [6.45, 7) is 3.15. The van der Waals surface area contributed by atoms with Crippen molar-refractivity contribution in [2.45, 2.75) is 31.8 Å². The Labute approximate surface area is 249 Å². The quantitative estimate of drug-likeness (QED) is 0.164. The highest BCUT2D eigenvalue weighted by Crippen LogP contribution is 2.29. The molecule has 0 radical (unpaired) electrons. The molecule has 0 saturated carbocycles. The fourth-order valence-electron chi connectivity index (χ4n) is 5.27. The van der Waals surface area contributed by atoms with E-state index in [9.17, 15) is 19.5 Å². The number of nitrogens with one attached hydrogen (secondary N) is 2. The molecule has 1 fully saturated rings. The van der Waals surface area contributed by atoms with E-state index < -0.39 is 17.4 Å². The summed E-state index contributed by atoms with van der Waals surface area (Å²) in [5.41, 5.74) is 9.07. The van der Waals surface area contributed by atoms with Gasteiger partial charge in [0.2, 0.25) is 5.91 Å². The van der Waals surface area contributed by atoms with Crippen molar-refractivity contribution in [3.05, 3.63) is 95.3 Å². The first-order chi connectivity index (χ1) is 20.7. The van der Waals surface area contributed by atoms with Gasteiger partial charge in [0.1, 0.15) is 17.2 Å². The smallest absolute Gasteiger partial charge is 0.317 e. The van der Waals surface area contributed by atoms with E-state index in [1.54, 1.807) is 48.2 Å². The zero-order valence-corrected chi connectivity index (χ0v) is 24.2. The number of likely N-dealkylation sites (tertiary alicyclic amines) is 1. The van der Waals surface area contributed by atoms with Crippen LogP contribution >= 0.6 is 0 Å². The van der Waals surface area contributed by atoms with Gasteiger partial charge in [-0.3, -0.25) is 19.7 Å². The number of amidine groups is 1. The maximum Gasteiger partial charge on any atom is 0.317 e. The first-order valence-electron chi connectivity index (χ1n) is 14.2. The minimum Gasteiger partial charge on any atom is -0.480 e. The molecule has 1 aliphatic rings. The van der Waals surface area contributed by atoms with E-state index in [-0.39, 0.29) is 18.3 Å². The largest absolute Gasteiger partial charge is 0.480 e. The average molecular weight is 582 g/mol. The standard InChI is InChI=1S/C32H35N7O4/c1-32(35-20-28(40)41,31(43)39-16-6-7-17-39)23-12-15-26-25(18-23)36-27(38(26)2)19-34-24-13-10-21(11-14-24)29(33)37-30(42)22-8-4-3-5-9-22/h3-5,8-15,18,34-35H,6-7,16-17,19-20H2,1-2H3,(H,40,41)(H2,33,37,42)/t32-/m1/s1. The molecule has 0 spiro atoms. The summed E-state index contributed by atoms with van der Waals surface area (Å²) in [7, 11) is 1.92. The molecule has 11 heteroatoms. The number of anilines is 1. The van der Waals surface area contributed by atoms with Crippen molar-refractivity contribution in [3.8, 4) is 0 Å². The molecule has 11 nitrogen and oxygen atoms in total. The van der Waals surface area contributed by atoms with Crippen LogP contribution in [0.4, 0.5) is 5.69 Å². The van der Waals surface area contributed by atoms with Crippen molar-refractivity contribution in [3.63, 3.8) is 0 Å². The number of amides is 2. The number of hydrogen-bond acceptors (Lipinski definition) is 6. The topological polar surface area (TPSA) is 155 Å². The summed E-state index contributed by atoms with van der Waals surface area (Å²) in [6, 6.07) is 21.7. The second kappa shape index (κ2) is 12.5. The molecular formula is C32H35N7O4. The number of carbonyl (C=O) groups is 3. The molecule has 2 amide bonds. The van der Waals surface area contributed by atoms with Crippen molar-refractivity contribution in [2.24, 2.45) is 17.8 Å². The van der Waals surface area contributed by atoms with Gasteiger partial charge in [0.05, 0.1) is 24.1 Å². The summed E-state index contributed by atoms with van der Waals surface area (Å²) in [4.78, 5) is 47.9. The lowest BCUT2D eigenvalue weighted by molar-refractivity contribution is -0.139. The lowest BCUT2D eigenvalue weighted by Crippen LogP contribution is -2.54. The van der Waals surface area contributed by atoms with E-state index in [4.69, 9.17) is 10.7 Å². The Kier molecular flexibility index (Phi) is 8.53. The van der Waals surface area contributed by atoms with Gasteiger partial charge in [0.25, 0.3) is 5.91 Å². The third-order valence-corrected chi connectivity index (χ3v) is 7.84. The minimum atomic E-state index is -1.20. The molecule has 1 aliphatic heterocycles. The Balaban J connectivity index is 1.31. The van der Waals surface area contributed by atoms with E-state index in [0.717, 1.165) is 29.9 Å². The Morgan fingerprint density at radius 1 is 1.00 bits per heavy atom. The van der Waals surface area contributed by atoms with E-state index in [0.29, 0.717) is 41.8 Å². The molecule has 2 heterocycles. The van der Waals surface area contributed by atoms with Crippen molar-refractivity contribution in [1.82, 2.24) is 19.8 Å². The van der Waals surface area contributed by atoms with Crippen molar-refractivity contribution < 1.29 is 19.5 Å². The fraction of sp³-hybridized carbons (Fsp3) is 0.281. The molecule has 1 atom stereocenters. The number of imidazole rings is 1. The summed E-state index contributed by atoms with van der Waals surface area (Å²) < 4.78 is 1.98. The highest BCUT2D eigenvalue weighted by molar-refractivity contribution is 6.08. The number of aryl methyl sites for hydroxylation is 1. The lowest BCUT2D eigenvalue weighted by Gasteiger charge is -2.33. The SMILES string of the molecule is Cn1c(CNc2ccc(C(N)=NC(=O)c3ccccc3)cc2)nc2cc([C@@](C)(NCC(=O)O)C(=O)N3CCCC3)ccc21. The molecule has 5 rings (SSSR count). The van der Waals surface area contributed by atoms with Crippen LogP contribution in [0.1, 0.15) is 47.1 Å². The number of aliphatic imine (C=N–C) groups is 1. The van der Waals surface area contributed by atoms with Crippen LogP contribution in [0.15, 0.2) is 77.8 Å². The Morgan fingerprint density at radius 2 is 1.70 bits per heavy atom. The molecule has 5 N–H and O–H groups in total. The molecule has 0 bridgehead atoms. The van der Waals surface area contributed by atoms with Gasteiger partial charge < -0.3 is 25.6 Å². The molecular weight excluding hydrogens is 546 g/mol. The van der Waals surface area contributed by atoms with Crippen LogP contribution in [-0.2, 0) is 28.7 Å². The first-order valence-corrected chi connectivity index (χ1v) is 14.2. The van der Waals surface area contributed by atoms with Crippen molar-refractivity contribution >= 4 is 40.3 Å². The van der Waals surface area contributed by atoms with E-state index in [1.807, 2.05) is 48.0 Å². The van der Waals surface area contributed by atoms with Crippen LogP contribution in [0, 0.1) is 0 Å². The van der Waals surface area contributed by atoms with Crippen LogP contribution in [-0.4, -0.2) is 62.8 Å². The predicted molar refractivity (Wildman–Crippen MR) is 165 cm³/mol. The molecule has 1 aromatic heterocycles. The van der Waals surface area contributed by atoms with Crippen LogP contribution in [0.2, 0.25) is 0 Å². The molecule has 0 aliphatic carbocycles. The van der Waals surface area contributed by atoms with E-state index >= 15 is 0 Å². The lowest BCUT2D eigenvalue weighted by atomic mass is 9.89. The zero-order chi connectivity index (χ0) is 30.6. The summed E-state index contributed by atoms with van der Waals surface area (Å²) >= 11 is 0. The number of hydrogen-bond donors (Lipinski definition) is 4. The van der Waals surface area contributed by atoms with Gasteiger partial charge in [-0.05, 0) is 73.9 Å². The number of carboxylic acid groups (broad SMARTS) is 1. The Hall–Kier alpha value is -5.03. The highest BCUT2D eigenvalue weighted by Gasteiger charge is 2.39. The van der Waals surface area contributed by atoms with Crippen LogP contribution in [0.3, 0.4) is 0 Å². The number of fused-ring (bicyclic) bond motifs is 1. The number of carbonyl (C=O) groups excluding carboxylic acids is 2. The van der Waals surface area contributed by atoms with Crippen LogP contribution in [0.5, 0.6) is 0 Å². The molecule has 222 valence electrons. The third-order valence-electron chi connectivity index (χ3n) is 7.84. The number of aliphatic carboxylic acids is 1. The molecule has 4 aromatic rings. The summed E-state index contributed by atoms with van der Waals surface area (Å²) in [5, 5.41) is 15.7. The molecule has 0 unspecified atom stereocenters. The number of benzene rings is 3. The van der Waals surface area contributed by atoms with Crippen LogP contribution in [0.25, 0.3) is 11.0 Å². The maximum atomic E-state index is 13.5. The highest BCUT2D eigenvalue weighted by atomic mass is 16.4. The average Bonchev–Trinajstić information content (AvgIpc) is 3.67. The van der Waals surface area contributed by atoms with E-state index in [2.05, 4.69) is 15.6 Å². The number of rotatable bonds is 10.